The molecule has 0 aromatic heterocycles. The van der Waals surface area contributed by atoms with Crippen molar-refractivity contribution in [1.82, 2.24) is 10.6 Å². The summed E-state index contributed by atoms with van der Waals surface area (Å²) < 4.78 is 5.64. The molecule has 3 aliphatic rings. The average Bonchev–Trinajstić information content (AvgIpc) is 3.39. The Morgan fingerprint density at radius 1 is 0.912 bits per heavy atom. The van der Waals surface area contributed by atoms with Crippen molar-refractivity contribution in [2.75, 3.05) is 6.61 Å². The Morgan fingerprint density at radius 2 is 1.53 bits per heavy atom. The number of benzene rings is 2. The molecule has 2 saturated carbocycles. The molecule has 2 fully saturated rings. The van der Waals surface area contributed by atoms with E-state index in [1.807, 2.05) is 24.3 Å². The van der Waals surface area contributed by atoms with Crippen molar-refractivity contribution < 1.29 is 24.2 Å². The molecule has 5 rings (SSSR count). The fourth-order valence-electron chi connectivity index (χ4n) is 5.64. The lowest BCUT2D eigenvalue weighted by molar-refractivity contribution is -0.142. The van der Waals surface area contributed by atoms with Gasteiger partial charge in [-0.1, -0.05) is 61.4 Å². The molecule has 3 aliphatic carbocycles. The third-order valence-corrected chi connectivity index (χ3v) is 7.68. The Hall–Kier alpha value is -3.35. The second-order valence-corrected chi connectivity index (χ2v) is 9.63. The minimum absolute atomic E-state index is 0.0464. The number of hydrogen-bond donors (Lipinski definition) is 3. The zero-order chi connectivity index (χ0) is 23.7. The van der Waals surface area contributed by atoms with E-state index in [-0.39, 0.29) is 24.3 Å². The summed E-state index contributed by atoms with van der Waals surface area (Å²) >= 11 is 0. The Morgan fingerprint density at radius 3 is 2.12 bits per heavy atom. The third kappa shape index (κ3) is 4.27. The maximum atomic E-state index is 13.1. The first kappa shape index (κ1) is 22.4. The third-order valence-electron chi connectivity index (χ3n) is 7.68. The minimum atomic E-state index is -0.882. The smallest absolute Gasteiger partial charge is 0.407 e. The molecule has 0 spiro atoms. The van der Waals surface area contributed by atoms with Crippen molar-refractivity contribution in [3.8, 4) is 11.1 Å². The van der Waals surface area contributed by atoms with Crippen molar-refractivity contribution in [3.63, 3.8) is 0 Å². The highest BCUT2D eigenvalue weighted by atomic mass is 16.5. The molecule has 2 amide bonds. The summed E-state index contributed by atoms with van der Waals surface area (Å²) in [5.41, 5.74) is 4.57. The molecule has 3 atom stereocenters. The van der Waals surface area contributed by atoms with Gasteiger partial charge in [0.05, 0.1) is 5.92 Å². The van der Waals surface area contributed by atoms with Crippen molar-refractivity contribution >= 4 is 18.0 Å². The highest BCUT2D eigenvalue weighted by Gasteiger charge is 2.39. The van der Waals surface area contributed by atoms with Crippen molar-refractivity contribution in [2.45, 2.75) is 56.5 Å². The van der Waals surface area contributed by atoms with Gasteiger partial charge in [0.1, 0.15) is 12.6 Å². The number of amides is 2. The van der Waals surface area contributed by atoms with E-state index in [2.05, 4.69) is 34.9 Å². The van der Waals surface area contributed by atoms with Gasteiger partial charge in [0.15, 0.2) is 0 Å². The van der Waals surface area contributed by atoms with Crippen LogP contribution in [-0.4, -0.2) is 41.8 Å². The molecular formula is C27H30N2O5. The zero-order valence-corrected chi connectivity index (χ0v) is 19.0. The predicted molar refractivity (Wildman–Crippen MR) is 126 cm³/mol. The summed E-state index contributed by atoms with van der Waals surface area (Å²) in [7, 11) is 0. The second-order valence-electron chi connectivity index (χ2n) is 9.63. The van der Waals surface area contributed by atoms with E-state index in [1.165, 1.54) is 0 Å². The number of carbonyl (C=O) groups excluding carboxylic acids is 2. The lowest BCUT2D eigenvalue weighted by Crippen LogP contribution is -2.55. The number of fused-ring (bicyclic) bond motifs is 3. The van der Waals surface area contributed by atoms with Gasteiger partial charge >= 0.3 is 12.1 Å². The summed E-state index contributed by atoms with van der Waals surface area (Å²) in [5, 5.41) is 15.1. The maximum Gasteiger partial charge on any atom is 0.407 e. The average molecular weight is 463 g/mol. The van der Waals surface area contributed by atoms with Gasteiger partial charge in [0, 0.05) is 12.0 Å². The Balaban J connectivity index is 1.24. The fraction of sp³-hybridized carbons (Fsp3) is 0.444. The van der Waals surface area contributed by atoms with Crippen LogP contribution in [0.4, 0.5) is 4.79 Å². The first-order chi connectivity index (χ1) is 16.5. The summed E-state index contributed by atoms with van der Waals surface area (Å²) in [4.78, 5) is 37.3. The van der Waals surface area contributed by atoms with Crippen LogP contribution in [0.25, 0.3) is 11.1 Å². The van der Waals surface area contributed by atoms with Crippen LogP contribution in [0.5, 0.6) is 0 Å². The molecule has 0 bridgehead atoms. The number of carboxylic acid groups (broad SMARTS) is 1. The van der Waals surface area contributed by atoms with Gasteiger partial charge in [-0.05, 0) is 53.9 Å². The van der Waals surface area contributed by atoms with Crippen LogP contribution in [-0.2, 0) is 14.3 Å². The first-order valence-electron chi connectivity index (χ1n) is 12.2. The predicted octanol–water partition coefficient (Wildman–Crippen LogP) is 4.06. The second kappa shape index (κ2) is 9.49. The fourth-order valence-corrected chi connectivity index (χ4v) is 5.64. The van der Waals surface area contributed by atoms with E-state index in [9.17, 15) is 19.5 Å². The van der Waals surface area contributed by atoms with E-state index in [4.69, 9.17) is 4.74 Å². The number of carbonyl (C=O) groups is 3. The molecule has 2 aromatic carbocycles. The highest BCUT2D eigenvalue weighted by Crippen LogP contribution is 2.44. The van der Waals surface area contributed by atoms with Crippen LogP contribution in [0, 0.1) is 11.8 Å². The Labute approximate surface area is 198 Å². The lowest BCUT2D eigenvalue weighted by atomic mass is 9.79. The maximum absolute atomic E-state index is 13.1. The van der Waals surface area contributed by atoms with Crippen LogP contribution < -0.4 is 10.6 Å². The van der Waals surface area contributed by atoms with Crippen molar-refractivity contribution in [2.24, 2.45) is 11.8 Å². The van der Waals surface area contributed by atoms with Gasteiger partial charge in [0.25, 0.3) is 0 Å². The summed E-state index contributed by atoms with van der Waals surface area (Å²) in [5.74, 6) is -1.77. The van der Waals surface area contributed by atoms with E-state index in [1.54, 1.807) is 0 Å². The van der Waals surface area contributed by atoms with Crippen LogP contribution in [0.3, 0.4) is 0 Å². The topological polar surface area (TPSA) is 105 Å². The molecule has 1 unspecified atom stereocenters. The van der Waals surface area contributed by atoms with Crippen molar-refractivity contribution in [1.29, 1.82) is 0 Å². The van der Waals surface area contributed by atoms with Gasteiger partial charge in [-0.25, -0.2) is 4.79 Å². The number of alkyl carbamates (subject to hydrolysis) is 1. The van der Waals surface area contributed by atoms with E-state index in [0.29, 0.717) is 12.8 Å². The Kier molecular flexibility index (Phi) is 6.26. The first-order valence-corrected chi connectivity index (χ1v) is 12.2. The minimum Gasteiger partial charge on any atom is -0.481 e. The van der Waals surface area contributed by atoms with Crippen molar-refractivity contribution in [3.05, 3.63) is 59.7 Å². The molecule has 7 heteroatoms. The van der Waals surface area contributed by atoms with Gasteiger partial charge < -0.3 is 20.5 Å². The quantitative estimate of drug-likeness (QED) is 0.576. The molecule has 178 valence electrons. The lowest BCUT2D eigenvalue weighted by Gasteiger charge is -2.34. The summed E-state index contributed by atoms with van der Waals surface area (Å²) in [6, 6.07) is 15.2. The molecular weight excluding hydrogens is 432 g/mol. The molecule has 3 N–H and O–H groups in total. The molecule has 34 heavy (non-hydrogen) atoms. The number of hydrogen-bond acceptors (Lipinski definition) is 4. The molecule has 0 aliphatic heterocycles. The number of aliphatic carboxylic acids is 1. The number of carboxylic acids is 1. The van der Waals surface area contributed by atoms with Crippen LogP contribution in [0.15, 0.2) is 48.5 Å². The van der Waals surface area contributed by atoms with Crippen LogP contribution >= 0.6 is 0 Å². The van der Waals surface area contributed by atoms with Gasteiger partial charge in [-0.15, -0.1) is 0 Å². The normalized spacial score (nSPS) is 22.2. The standard InChI is InChI=1S/C27H30N2O5/c30-25(28-23-14-6-13-21(23)26(31)32)24(16-7-5-8-16)29-27(33)34-15-22-19-11-3-1-9-17(19)18-10-2-4-12-20(18)22/h1-4,9-12,16,21-24H,5-8,13-15H2,(H,28,30)(H,29,33)(H,31,32)/t21-,23+,24?/m1/s1. The van der Waals surface area contributed by atoms with Crippen LogP contribution in [0.1, 0.15) is 55.6 Å². The highest BCUT2D eigenvalue weighted by molar-refractivity contribution is 5.87. The molecule has 7 nitrogen and oxygen atoms in total. The largest absolute Gasteiger partial charge is 0.481 e. The molecule has 2 aromatic rings. The zero-order valence-electron chi connectivity index (χ0n) is 19.0. The van der Waals surface area contributed by atoms with Gasteiger partial charge in [-0.2, -0.15) is 0 Å². The number of ether oxygens (including phenoxy) is 1. The summed E-state index contributed by atoms with van der Waals surface area (Å²) in [6.45, 7) is 0.183. The monoisotopic (exact) mass is 462 g/mol. The number of nitrogens with one attached hydrogen (secondary N) is 2. The SMILES string of the molecule is O=C(NC(C(=O)N[C@H]1CCC[C@H]1C(=O)O)C1CCC1)OCC1c2ccccc2-c2ccccc21. The van der Waals surface area contributed by atoms with Crippen LogP contribution in [0.2, 0.25) is 0 Å². The van der Waals surface area contributed by atoms with E-state index < -0.39 is 30.1 Å². The van der Waals surface area contributed by atoms with E-state index in [0.717, 1.165) is 47.9 Å². The van der Waals surface area contributed by atoms with Gasteiger partial charge in [0.2, 0.25) is 5.91 Å². The molecule has 0 saturated heterocycles. The number of rotatable bonds is 7. The molecule has 0 radical (unpaired) electrons. The molecule has 0 heterocycles. The summed E-state index contributed by atoms with van der Waals surface area (Å²) in [6.07, 6.45) is 4.09. The Bertz CT molecular complexity index is 1050. The van der Waals surface area contributed by atoms with E-state index >= 15 is 0 Å². The van der Waals surface area contributed by atoms with Gasteiger partial charge in [-0.3, -0.25) is 9.59 Å².